The van der Waals surface area contributed by atoms with E-state index >= 15 is 0 Å². The van der Waals surface area contributed by atoms with Gasteiger partial charge in [-0.1, -0.05) is 55.0 Å². The summed E-state index contributed by atoms with van der Waals surface area (Å²) >= 11 is 0. The van der Waals surface area contributed by atoms with Crippen molar-refractivity contribution < 1.29 is 4.79 Å². The summed E-state index contributed by atoms with van der Waals surface area (Å²) < 4.78 is 1.90. The zero-order valence-corrected chi connectivity index (χ0v) is 15.6. The molecule has 1 fully saturated rings. The van der Waals surface area contributed by atoms with Gasteiger partial charge in [-0.25, -0.2) is 9.67 Å². The standard InChI is InChI=1S/C24H21N3O/c28-21-14-8-7-13-19(21)20-15-16-25-24-22(20)23(17-9-3-1-4-10-17)26-27(24)18-11-5-2-6-12-18/h1-6,9-12,15-16,19H,7-8,13-14H2. The molecule has 1 aliphatic rings. The van der Waals surface area contributed by atoms with Crippen LogP contribution in [-0.4, -0.2) is 20.5 Å². The van der Waals surface area contributed by atoms with Crippen LogP contribution in [0, 0.1) is 0 Å². The molecule has 1 atom stereocenters. The predicted molar refractivity (Wildman–Crippen MR) is 111 cm³/mol. The van der Waals surface area contributed by atoms with Crippen molar-refractivity contribution in [3.05, 3.63) is 78.5 Å². The lowest BCUT2D eigenvalue weighted by Gasteiger charge is -2.21. The Kier molecular flexibility index (Phi) is 4.24. The van der Waals surface area contributed by atoms with Crippen molar-refractivity contribution in [3.63, 3.8) is 0 Å². The van der Waals surface area contributed by atoms with Gasteiger partial charge < -0.3 is 0 Å². The SMILES string of the molecule is O=C1CCCCC1c1ccnc2c1c(-c1ccccc1)nn2-c1ccccc1. The van der Waals surface area contributed by atoms with Gasteiger partial charge in [-0.15, -0.1) is 0 Å². The van der Waals surface area contributed by atoms with Gasteiger partial charge in [0.15, 0.2) is 5.65 Å². The lowest BCUT2D eigenvalue weighted by molar-refractivity contribution is -0.121. The number of nitrogens with zero attached hydrogens (tertiary/aromatic N) is 3. The average Bonchev–Trinajstić information content (AvgIpc) is 3.15. The van der Waals surface area contributed by atoms with E-state index in [1.807, 2.05) is 65.5 Å². The van der Waals surface area contributed by atoms with E-state index in [1.165, 1.54) is 0 Å². The molecule has 1 aliphatic carbocycles. The van der Waals surface area contributed by atoms with Crippen LogP contribution in [0.3, 0.4) is 0 Å². The zero-order valence-electron chi connectivity index (χ0n) is 15.6. The van der Waals surface area contributed by atoms with E-state index in [0.29, 0.717) is 12.2 Å². The first-order chi connectivity index (χ1) is 13.8. The highest BCUT2D eigenvalue weighted by molar-refractivity contribution is 5.99. The number of rotatable bonds is 3. The van der Waals surface area contributed by atoms with E-state index in [4.69, 9.17) is 5.10 Å². The molecule has 0 spiro atoms. The molecule has 4 nitrogen and oxygen atoms in total. The first kappa shape index (κ1) is 16.9. The molecule has 0 radical (unpaired) electrons. The third kappa shape index (κ3) is 2.82. The Hall–Kier alpha value is -3.27. The van der Waals surface area contributed by atoms with Crippen LogP contribution in [0.1, 0.15) is 37.2 Å². The fourth-order valence-corrected chi connectivity index (χ4v) is 4.22. The van der Waals surface area contributed by atoms with Gasteiger partial charge in [0.05, 0.1) is 11.1 Å². The third-order valence-electron chi connectivity index (χ3n) is 5.58. The molecule has 1 saturated carbocycles. The van der Waals surface area contributed by atoms with Crippen LogP contribution >= 0.6 is 0 Å². The normalized spacial score (nSPS) is 17.1. The molecule has 4 heteroatoms. The molecule has 1 unspecified atom stereocenters. The van der Waals surface area contributed by atoms with Crippen molar-refractivity contribution >= 4 is 16.8 Å². The molecule has 4 aromatic rings. The molecule has 0 saturated heterocycles. The highest BCUT2D eigenvalue weighted by Gasteiger charge is 2.28. The molecule has 2 aromatic carbocycles. The molecular formula is C24H21N3O. The number of hydrogen-bond acceptors (Lipinski definition) is 3. The summed E-state index contributed by atoms with van der Waals surface area (Å²) in [5.41, 5.74) is 4.77. The number of carbonyl (C=O) groups excluding carboxylic acids is 1. The molecule has 0 N–H and O–H groups in total. The van der Waals surface area contributed by atoms with Crippen molar-refractivity contribution in [2.45, 2.75) is 31.6 Å². The van der Waals surface area contributed by atoms with Crippen LogP contribution in [0.25, 0.3) is 28.0 Å². The minimum Gasteiger partial charge on any atom is -0.299 e. The summed E-state index contributed by atoms with van der Waals surface area (Å²) in [6.45, 7) is 0. The van der Waals surface area contributed by atoms with Gasteiger partial charge in [0.1, 0.15) is 11.5 Å². The van der Waals surface area contributed by atoms with Crippen molar-refractivity contribution in [2.24, 2.45) is 0 Å². The molecule has 2 heterocycles. The average molecular weight is 367 g/mol. The number of Topliss-reactive ketones (excluding diaryl/α,β-unsaturated/α-hetero) is 1. The van der Waals surface area contributed by atoms with Crippen molar-refractivity contribution in [3.8, 4) is 16.9 Å². The zero-order chi connectivity index (χ0) is 18.9. The second kappa shape index (κ2) is 7.04. The molecule has 0 aliphatic heterocycles. The topological polar surface area (TPSA) is 47.8 Å². The maximum atomic E-state index is 12.7. The molecular weight excluding hydrogens is 346 g/mol. The molecule has 0 amide bonds. The number of para-hydroxylation sites is 1. The van der Waals surface area contributed by atoms with Crippen molar-refractivity contribution in [1.82, 2.24) is 14.8 Å². The lowest BCUT2D eigenvalue weighted by atomic mass is 9.81. The second-order valence-corrected chi connectivity index (χ2v) is 7.33. The summed E-state index contributed by atoms with van der Waals surface area (Å²) in [5.74, 6) is 0.278. The Labute approximate surface area is 163 Å². The van der Waals surface area contributed by atoms with Gasteiger partial charge >= 0.3 is 0 Å². The quantitative estimate of drug-likeness (QED) is 0.493. The van der Waals surface area contributed by atoms with Gasteiger partial charge in [0.2, 0.25) is 0 Å². The first-order valence-corrected chi connectivity index (χ1v) is 9.84. The fourth-order valence-electron chi connectivity index (χ4n) is 4.22. The van der Waals surface area contributed by atoms with Crippen LogP contribution in [-0.2, 0) is 4.79 Å². The van der Waals surface area contributed by atoms with Gasteiger partial charge in [-0.2, -0.15) is 5.10 Å². The minimum absolute atomic E-state index is 0.0601. The monoisotopic (exact) mass is 367 g/mol. The van der Waals surface area contributed by atoms with Gasteiger partial charge in [-0.05, 0) is 36.6 Å². The van der Waals surface area contributed by atoms with Crippen molar-refractivity contribution in [1.29, 1.82) is 0 Å². The number of fused-ring (bicyclic) bond motifs is 1. The Morgan fingerprint density at radius 3 is 2.39 bits per heavy atom. The number of pyridine rings is 1. The highest BCUT2D eigenvalue weighted by Crippen LogP contribution is 2.38. The van der Waals surface area contributed by atoms with Crippen LogP contribution in [0.2, 0.25) is 0 Å². The molecule has 5 rings (SSSR count). The number of hydrogen-bond donors (Lipinski definition) is 0. The number of ketones is 1. The van der Waals surface area contributed by atoms with Gasteiger partial charge in [0.25, 0.3) is 0 Å². The van der Waals surface area contributed by atoms with Crippen LogP contribution in [0.5, 0.6) is 0 Å². The Morgan fingerprint density at radius 2 is 1.64 bits per heavy atom. The van der Waals surface area contributed by atoms with E-state index < -0.39 is 0 Å². The van der Waals surface area contributed by atoms with Crippen molar-refractivity contribution in [2.75, 3.05) is 0 Å². The van der Waals surface area contributed by atoms with Gasteiger partial charge in [0, 0.05) is 24.1 Å². The fraction of sp³-hybridized carbons (Fsp3) is 0.208. The number of benzene rings is 2. The summed E-state index contributed by atoms with van der Waals surface area (Å²) in [4.78, 5) is 17.4. The summed E-state index contributed by atoms with van der Waals surface area (Å²) in [6, 6.07) is 22.2. The van der Waals surface area contributed by atoms with Crippen LogP contribution < -0.4 is 0 Å². The molecule has 138 valence electrons. The third-order valence-corrected chi connectivity index (χ3v) is 5.58. The van der Waals surface area contributed by atoms with E-state index in [0.717, 1.165) is 52.8 Å². The van der Waals surface area contributed by atoms with Gasteiger partial charge in [-0.3, -0.25) is 4.79 Å². The van der Waals surface area contributed by atoms with E-state index in [9.17, 15) is 4.79 Å². The van der Waals surface area contributed by atoms with E-state index in [1.54, 1.807) is 0 Å². The largest absolute Gasteiger partial charge is 0.299 e. The molecule has 28 heavy (non-hydrogen) atoms. The number of carbonyl (C=O) groups is 1. The maximum absolute atomic E-state index is 12.7. The van der Waals surface area contributed by atoms with E-state index in [2.05, 4.69) is 17.1 Å². The Balaban J connectivity index is 1.80. The lowest BCUT2D eigenvalue weighted by Crippen LogP contribution is -2.17. The van der Waals surface area contributed by atoms with E-state index in [-0.39, 0.29) is 5.92 Å². The highest BCUT2D eigenvalue weighted by atomic mass is 16.1. The Morgan fingerprint density at radius 1 is 0.893 bits per heavy atom. The summed E-state index contributed by atoms with van der Waals surface area (Å²) in [5, 5.41) is 5.95. The molecule has 2 aromatic heterocycles. The smallest absolute Gasteiger partial charge is 0.163 e. The van der Waals surface area contributed by atoms with Crippen LogP contribution in [0.15, 0.2) is 72.9 Å². The maximum Gasteiger partial charge on any atom is 0.163 e. The number of aromatic nitrogens is 3. The summed E-state index contributed by atoms with van der Waals surface area (Å²) in [6.07, 6.45) is 5.48. The van der Waals surface area contributed by atoms with Crippen LogP contribution in [0.4, 0.5) is 0 Å². The first-order valence-electron chi connectivity index (χ1n) is 9.84. The minimum atomic E-state index is -0.0601. The summed E-state index contributed by atoms with van der Waals surface area (Å²) in [7, 11) is 0. The second-order valence-electron chi connectivity index (χ2n) is 7.33. The predicted octanol–water partition coefficient (Wildman–Crippen LogP) is 5.31. The molecule has 0 bridgehead atoms. The Bertz CT molecular complexity index is 1130.